The lowest BCUT2D eigenvalue weighted by Gasteiger charge is -2.28. The van der Waals surface area contributed by atoms with Gasteiger partial charge in [0.05, 0.1) is 12.1 Å². The SMILES string of the molecule is CC(CO)(NC(=O)/C=C/c1ccc(Br)o1)c1ccccc1. The molecule has 21 heavy (non-hydrogen) atoms. The lowest BCUT2D eigenvalue weighted by molar-refractivity contribution is -0.118. The van der Waals surface area contributed by atoms with E-state index in [0.717, 1.165) is 5.56 Å². The molecule has 0 bridgehead atoms. The minimum atomic E-state index is -0.827. The van der Waals surface area contributed by atoms with E-state index in [-0.39, 0.29) is 12.5 Å². The second-order valence-corrected chi connectivity index (χ2v) is 5.60. The van der Waals surface area contributed by atoms with Gasteiger partial charge in [0.25, 0.3) is 0 Å². The van der Waals surface area contributed by atoms with Crippen molar-refractivity contribution in [3.8, 4) is 0 Å². The van der Waals surface area contributed by atoms with Gasteiger partial charge in [-0.2, -0.15) is 0 Å². The molecule has 0 radical (unpaired) electrons. The normalized spacial score (nSPS) is 14.0. The van der Waals surface area contributed by atoms with Crippen molar-refractivity contribution in [2.45, 2.75) is 12.5 Å². The van der Waals surface area contributed by atoms with Crippen LogP contribution in [0, 0.1) is 0 Å². The van der Waals surface area contributed by atoms with E-state index in [0.29, 0.717) is 10.4 Å². The van der Waals surface area contributed by atoms with E-state index >= 15 is 0 Å². The largest absolute Gasteiger partial charge is 0.450 e. The predicted molar refractivity (Wildman–Crippen MR) is 84.5 cm³/mol. The molecule has 1 aromatic heterocycles. The highest BCUT2D eigenvalue weighted by Gasteiger charge is 2.26. The summed E-state index contributed by atoms with van der Waals surface area (Å²) in [6.07, 6.45) is 2.95. The Hall–Kier alpha value is -1.85. The molecule has 0 fully saturated rings. The molecule has 0 spiro atoms. The number of carbonyl (C=O) groups is 1. The number of furan rings is 1. The third kappa shape index (κ3) is 4.06. The van der Waals surface area contributed by atoms with Crippen LogP contribution in [0.1, 0.15) is 18.2 Å². The third-order valence-corrected chi connectivity index (χ3v) is 3.55. The highest BCUT2D eigenvalue weighted by Crippen LogP contribution is 2.20. The molecule has 0 aliphatic carbocycles. The highest BCUT2D eigenvalue weighted by atomic mass is 79.9. The summed E-state index contributed by atoms with van der Waals surface area (Å²) in [5.41, 5.74) is 0.0156. The van der Waals surface area contributed by atoms with Crippen LogP contribution < -0.4 is 5.32 Å². The third-order valence-electron chi connectivity index (χ3n) is 3.12. The average Bonchev–Trinajstić information content (AvgIpc) is 2.91. The first-order valence-electron chi connectivity index (χ1n) is 6.45. The van der Waals surface area contributed by atoms with Crippen LogP contribution >= 0.6 is 15.9 Å². The van der Waals surface area contributed by atoms with Crippen molar-refractivity contribution in [3.05, 3.63) is 64.5 Å². The van der Waals surface area contributed by atoms with Gasteiger partial charge >= 0.3 is 0 Å². The smallest absolute Gasteiger partial charge is 0.244 e. The number of hydrogen-bond donors (Lipinski definition) is 2. The Balaban J connectivity index is 2.08. The maximum Gasteiger partial charge on any atom is 0.244 e. The van der Waals surface area contributed by atoms with Gasteiger partial charge in [-0.05, 0) is 46.6 Å². The van der Waals surface area contributed by atoms with E-state index < -0.39 is 5.54 Å². The molecule has 2 N–H and O–H groups in total. The summed E-state index contributed by atoms with van der Waals surface area (Å²) in [7, 11) is 0. The monoisotopic (exact) mass is 349 g/mol. The Labute approximate surface area is 131 Å². The quantitative estimate of drug-likeness (QED) is 0.815. The molecule has 4 nitrogen and oxygen atoms in total. The van der Waals surface area contributed by atoms with Crippen molar-refractivity contribution in [1.82, 2.24) is 5.32 Å². The van der Waals surface area contributed by atoms with Crippen LogP contribution in [0.2, 0.25) is 0 Å². The molecular weight excluding hydrogens is 334 g/mol. The zero-order chi connectivity index (χ0) is 15.3. The molecule has 110 valence electrons. The van der Waals surface area contributed by atoms with Crippen LogP contribution in [-0.2, 0) is 10.3 Å². The number of carbonyl (C=O) groups excluding carboxylic acids is 1. The summed E-state index contributed by atoms with van der Waals surface area (Å²) in [6, 6.07) is 12.8. The van der Waals surface area contributed by atoms with E-state index in [1.54, 1.807) is 25.1 Å². The first kappa shape index (κ1) is 15.5. The number of nitrogens with one attached hydrogen (secondary N) is 1. The number of benzene rings is 1. The fourth-order valence-corrected chi connectivity index (χ4v) is 2.22. The van der Waals surface area contributed by atoms with Gasteiger partial charge in [-0.15, -0.1) is 0 Å². The van der Waals surface area contributed by atoms with Crippen LogP contribution in [0.15, 0.2) is 57.6 Å². The van der Waals surface area contributed by atoms with E-state index in [1.165, 1.54) is 6.08 Å². The fourth-order valence-electron chi connectivity index (χ4n) is 1.90. The zero-order valence-electron chi connectivity index (χ0n) is 11.5. The Kier molecular flexibility index (Phi) is 4.98. The molecule has 0 saturated heterocycles. The summed E-state index contributed by atoms with van der Waals surface area (Å²) in [5, 5.41) is 12.4. The second kappa shape index (κ2) is 6.74. The number of aliphatic hydroxyl groups excluding tert-OH is 1. The van der Waals surface area contributed by atoms with Crippen LogP contribution in [0.25, 0.3) is 6.08 Å². The van der Waals surface area contributed by atoms with Gasteiger partial charge in [-0.1, -0.05) is 30.3 Å². The minimum Gasteiger partial charge on any atom is -0.450 e. The van der Waals surface area contributed by atoms with E-state index in [2.05, 4.69) is 21.2 Å². The molecule has 0 saturated carbocycles. The Morgan fingerprint density at radius 3 is 2.62 bits per heavy atom. The lowest BCUT2D eigenvalue weighted by Crippen LogP contribution is -2.45. The van der Waals surface area contributed by atoms with Crippen molar-refractivity contribution in [2.75, 3.05) is 6.61 Å². The summed E-state index contributed by atoms with van der Waals surface area (Å²) < 4.78 is 5.88. The van der Waals surface area contributed by atoms with E-state index in [4.69, 9.17) is 4.42 Å². The standard InChI is InChI=1S/C16H16BrNO3/c1-16(11-19,12-5-3-2-4-6-12)18-15(20)10-8-13-7-9-14(17)21-13/h2-10,19H,11H2,1H3,(H,18,20)/b10-8+. The van der Waals surface area contributed by atoms with Gasteiger partial charge in [0, 0.05) is 6.08 Å². The molecule has 1 amide bonds. The van der Waals surface area contributed by atoms with Gasteiger partial charge in [-0.25, -0.2) is 0 Å². The van der Waals surface area contributed by atoms with Gasteiger partial charge in [0.1, 0.15) is 5.76 Å². The summed E-state index contributed by atoms with van der Waals surface area (Å²) in [6.45, 7) is 1.58. The van der Waals surface area contributed by atoms with Gasteiger partial charge < -0.3 is 14.8 Å². The number of hydrogen-bond acceptors (Lipinski definition) is 3. The van der Waals surface area contributed by atoms with E-state index in [1.807, 2.05) is 30.3 Å². The zero-order valence-corrected chi connectivity index (χ0v) is 13.1. The Bertz CT molecular complexity index is 636. The van der Waals surface area contributed by atoms with E-state index in [9.17, 15) is 9.90 Å². The van der Waals surface area contributed by atoms with Crippen LogP contribution in [0.3, 0.4) is 0 Å². The number of halogens is 1. The highest BCUT2D eigenvalue weighted by molar-refractivity contribution is 9.10. The topological polar surface area (TPSA) is 62.5 Å². The average molecular weight is 350 g/mol. The van der Waals surface area contributed by atoms with Gasteiger partial charge in [0.15, 0.2) is 4.67 Å². The first-order valence-corrected chi connectivity index (χ1v) is 7.25. The van der Waals surface area contributed by atoms with Crippen molar-refractivity contribution < 1.29 is 14.3 Å². The predicted octanol–water partition coefficient (Wildman–Crippen LogP) is 3.08. The molecule has 0 aliphatic heterocycles. The summed E-state index contributed by atoms with van der Waals surface area (Å²) >= 11 is 3.20. The molecule has 0 aliphatic rings. The maximum absolute atomic E-state index is 12.0. The Morgan fingerprint density at radius 2 is 2.05 bits per heavy atom. The molecule has 1 unspecified atom stereocenters. The van der Waals surface area contributed by atoms with Gasteiger partial charge in [-0.3, -0.25) is 4.79 Å². The number of amides is 1. The molecule has 2 rings (SSSR count). The minimum absolute atomic E-state index is 0.192. The van der Waals surface area contributed by atoms with Crippen LogP contribution in [-0.4, -0.2) is 17.6 Å². The molecule has 5 heteroatoms. The van der Waals surface area contributed by atoms with Crippen molar-refractivity contribution >= 4 is 27.9 Å². The van der Waals surface area contributed by atoms with Gasteiger partial charge in [0.2, 0.25) is 5.91 Å². The van der Waals surface area contributed by atoms with Crippen LogP contribution in [0.4, 0.5) is 0 Å². The summed E-state index contributed by atoms with van der Waals surface area (Å²) in [4.78, 5) is 12.0. The maximum atomic E-state index is 12.0. The second-order valence-electron chi connectivity index (χ2n) is 4.82. The molecule has 1 aromatic carbocycles. The molecule has 1 atom stereocenters. The number of rotatable bonds is 5. The van der Waals surface area contributed by atoms with Crippen molar-refractivity contribution in [1.29, 1.82) is 0 Å². The molecule has 2 aromatic rings. The number of aliphatic hydroxyl groups is 1. The molecule has 1 heterocycles. The van der Waals surface area contributed by atoms with Crippen molar-refractivity contribution in [3.63, 3.8) is 0 Å². The Morgan fingerprint density at radius 1 is 1.33 bits per heavy atom. The molecular formula is C16H16BrNO3. The first-order chi connectivity index (χ1) is 10.0. The van der Waals surface area contributed by atoms with Crippen molar-refractivity contribution in [2.24, 2.45) is 0 Å². The fraction of sp³-hybridized carbons (Fsp3) is 0.188. The lowest BCUT2D eigenvalue weighted by atomic mass is 9.93. The summed E-state index contributed by atoms with van der Waals surface area (Å²) in [5.74, 6) is 0.269. The van der Waals surface area contributed by atoms with Crippen LogP contribution in [0.5, 0.6) is 0 Å².